The van der Waals surface area contributed by atoms with Crippen molar-refractivity contribution < 1.29 is 14.7 Å². The topological polar surface area (TPSA) is 66.4 Å². The molecule has 2 N–H and O–H groups in total. The monoisotopic (exact) mass is 279 g/mol. The normalized spacial score (nSPS) is 26.6. The number of rotatable bonds is 4. The third-order valence-corrected chi connectivity index (χ3v) is 4.17. The molecule has 0 radical (unpaired) electrons. The molecule has 100 valence electrons. The Morgan fingerprint density at radius 2 is 2.05 bits per heavy atom. The van der Waals surface area contributed by atoms with Gasteiger partial charge in [0, 0.05) is 5.02 Å². The second kappa shape index (κ2) is 4.23. The number of halogens is 1. The first-order chi connectivity index (χ1) is 9.02. The van der Waals surface area contributed by atoms with Gasteiger partial charge in [-0.05, 0) is 37.0 Å². The Morgan fingerprint density at radius 1 is 1.32 bits per heavy atom. The molecule has 2 saturated carbocycles. The van der Waals surface area contributed by atoms with Crippen molar-refractivity contribution in [2.75, 3.05) is 0 Å². The fourth-order valence-corrected chi connectivity index (χ4v) is 2.67. The Hall–Kier alpha value is -1.55. The van der Waals surface area contributed by atoms with Gasteiger partial charge in [-0.3, -0.25) is 9.59 Å². The van der Waals surface area contributed by atoms with Crippen molar-refractivity contribution in [2.45, 2.75) is 24.8 Å². The van der Waals surface area contributed by atoms with Crippen molar-refractivity contribution in [1.29, 1.82) is 0 Å². The standard InChI is InChI=1S/C14H14ClNO3/c15-9-3-1-2-8(6-9)14(4-5-14)16-12(17)10-7-11(10)13(18)19/h1-3,6,10-11H,4-5,7H2,(H,16,17)(H,18,19)/t10-,11+/m0/s1. The molecule has 19 heavy (non-hydrogen) atoms. The van der Waals surface area contributed by atoms with Gasteiger partial charge in [0.25, 0.3) is 0 Å². The van der Waals surface area contributed by atoms with E-state index in [4.69, 9.17) is 16.7 Å². The van der Waals surface area contributed by atoms with Crippen molar-refractivity contribution in [3.63, 3.8) is 0 Å². The average Bonchev–Trinajstić information content (AvgIpc) is 3.23. The molecule has 2 aliphatic rings. The molecule has 4 nitrogen and oxygen atoms in total. The van der Waals surface area contributed by atoms with Crippen LogP contribution in [0.1, 0.15) is 24.8 Å². The number of hydrogen-bond acceptors (Lipinski definition) is 2. The first-order valence-corrected chi connectivity index (χ1v) is 6.70. The van der Waals surface area contributed by atoms with Crippen molar-refractivity contribution in [2.24, 2.45) is 11.8 Å². The summed E-state index contributed by atoms with van der Waals surface area (Å²) in [4.78, 5) is 22.8. The Balaban J connectivity index is 1.70. The van der Waals surface area contributed by atoms with Crippen LogP contribution >= 0.6 is 11.6 Å². The first-order valence-electron chi connectivity index (χ1n) is 6.33. The molecule has 0 bridgehead atoms. The number of carbonyl (C=O) groups is 2. The van der Waals surface area contributed by atoms with E-state index in [-0.39, 0.29) is 17.4 Å². The number of nitrogens with one attached hydrogen (secondary N) is 1. The molecule has 3 rings (SSSR count). The van der Waals surface area contributed by atoms with Crippen molar-refractivity contribution in [3.05, 3.63) is 34.9 Å². The summed E-state index contributed by atoms with van der Waals surface area (Å²) in [6, 6.07) is 7.46. The predicted molar refractivity (Wildman–Crippen MR) is 69.7 cm³/mol. The van der Waals surface area contributed by atoms with Crippen LogP contribution in [0.4, 0.5) is 0 Å². The van der Waals surface area contributed by atoms with Gasteiger partial charge in [-0.25, -0.2) is 0 Å². The molecule has 2 aliphatic carbocycles. The van der Waals surface area contributed by atoms with Gasteiger partial charge in [0.1, 0.15) is 0 Å². The number of benzene rings is 1. The van der Waals surface area contributed by atoms with Crippen molar-refractivity contribution >= 4 is 23.5 Å². The number of carboxylic acids is 1. The van der Waals surface area contributed by atoms with Crippen LogP contribution < -0.4 is 5.32 Å². The lowest BCUT2D eigenvalue weighted by molar-refractivity contribution is -0.140. The molecule has 0 aromatic heterocycles. The summed E-state index contributed by atoms with van der Waals surface area (Å²) in [5.41, 5.74) is 0.675. The quantitative estimate of drug-likeness (QED) is 0.888. The van der Waals surface area contributed by atoms with Crippen LogP contribution in [-0.4, -0.2) is 17.0 Å². The fraction of sp³-hybridized carbons (Fsp3) is 0.429. The van der Waals surface area contributed by atoms with Crippen LogP contribution in [0, 0.1) is 11.8 Å². The zero-order chi connectivity index (χ0) is 13.6. The summed E-state index contributed by atoms with van der Waals surface area (Å²) < 4.78 is 0. The van der Waals surface area contributed by atoms with Gasteiger partial charge in [-0.1, -0.05) is 23.7 Å². The van der Waals surface area contributed by atoms with Crippen LogP contribution in [0.2, 0.25) is 5.02 Å². The lowest BCUT2D eigenvalue weighted by atomic mass is 10.0. The maximum absolute atomic E-state index is 12.0. The number of carboxylic acid groups (broad SMARTS) is 1. The SMILES string of the molecule is O=C(NC1(c2cccc(Cl)c2)CC1)[C@H]1C[C@H]1C(=O)O. The molecule has 2 fully saturated rings. The summed E-state index contributed by atoms with van der Waals surface area (Å²) in [5, 5.41) is 12.5. The maximum atomic E-state index is 12.0. The minimum Gasteiger partial charge on any atom is -0.481 e. The molecule has 1 amide bonds. The van der Waals surface area contributed by atoms with E-state index >= 15 is 0 Å². The molecule has 1 aromatic carbocycles. The van der Waals surface area contributed by atoms with Crippen LogP contribution in [0.15, 0.2) is 24.3 Å². The molecule has 1 aromatic rings. The van der Waals surface area contributed by atoms with E-state index in [0.717, 1.165) is 18.4 Å². The highest BCUT2D eigenvalue weighted by molar-refractivity contribution is 6.30. The van der Waals surface area contributed by atoms with Crippen molar-refractivity contribution in [3.8, 4) is 0 Å². The lowest BCUT2D eigenvalue weighted by Crippen LogP contribution is -2.36. The zero-order valence-electron chi connectivity index (χ0n) is 10.2. The maximum Gasteiger partial charge on any atom is 0.307 e. The van der Waals surface area contributed by atoms with E-state index in [0.29, 0.717) is 11.4 Å². The Morgan fingerprint density at radius 3 is 2.58 bits per heavy atom. The fourth-order valence-electron chi connectivity index (χ4n) is 2.48. The molecule has 5 heteroatoms. The summed E-state index contributed by atoms with van der Waals surface area (Å²) in [6.07, 6.45) is 2.21. The average molecular weight is 280 g/mol. The molecule has 0 spiro atoms. The van der Waals surface area contributed by atoms with Gasteiger partial charge in [0.15, 0.2) is 0 Å². The van der Waals surface area contributed by atoms with Gasteiger partial charge >= 0.3 is 5.97 Å². The minimum atomic E-state index is -0.882. The van der Waals surface area contributed by atoms with Crippen LogP contribution in [-0.2, 0) is 15.1 Å². The van der Waals surface area contributed by atoms with Gasteiger partial charge in [-0.2, -0.15) is 0 Å². The van der Waals surface area contributed by atoms with Gasteiger partial charge < -0.3 is 10.4 Å². The van der Waals surface area contributed by atoms with Gasteiger partial charge in [0.05, 0.1) is 17.4 Å². The smallest absolute Gasteiger partial charge is 0.307 e. The summed E-state index contributed by atoms with van der Waals surface area (Å²) >= 11 is 5.96. The molecule has 0 saturated heterocycles. The molecule has 0 heterocycles. The van der Waals surface area contributed by atoms with Crippen LogP contribution in [0.3, 0.4) is 0 Å². The summed E-state index contributed by atoms with van der Waals surface area (Å²) in [5.74, 6) is -1.90. The van der Waals surface area contributed by atoms with Crippen LogP contribution in [0.5, 0.6) is 0 Å². The lowest BCUT2D eigenvalue weighted by Gasteiger charge is -2.18. The minimum absolute atomic E-state index is 0.148. The van der Waals surface area contributed by atoms with Crippen molar-refractivity contribution in [1.82, 2.24) is 5.32 Å². The van der Waals surface area contributed by atoms with Gasteiger partial charge in [-0.15, -0.1) is 0 Å². The van der Waals surface area contributed by atoms with Crippen LogP contribution in [0.25, 0.3) is 0 Å². The third-order valence-electron chi connectivity index (χ3n) is 3.93. The number of carbonyl (C=O) groups excluding carboxylic acids is 1. The summed E-state index contributed by atoms with van der Waals surface area (Å²) in [6.45, 7) is 0. The molecule has 0 unspecified atom stereocenters. The summed E-state index contributed by atoms with van der Waals surface area (Å²) in [7, 11) is 0. The molecular formula is C14H14ClNO3. The Labute approximate surface area is 115 Å². The van der Waals surface area contributed by atoms with E-state index < -0.39 is 11.9 Å². The third kappa shape index (κ3) is 2.32. The Bertz CT molecular complexity index is 553. The van der Waals surface area contributed by atoms with Gasteiger partial charge in [0.2, 0.25) is 5.91 Å². The predicted octanol–water partition coefficient (Wildman–Crippen LogP) is 2.17. The van der Waals surface area contributed by atoms with E-state index in [1.807, 2.05) is 18.2 Å². The largest absolute Gasteiger partial charge is 0.481 e. The number of aliphatic carboxylic acids is 1. The molecule has 2 atom stereocenters. The van der Waals surface area contributed by atoms with E-state index in [2.05, 4.69) is 5.32 Å². The number of hydrogen-bond donors (Lipinski definition) is 2. The Kier molecular flexibility index (Phi) is 2.78. The second-order valence-electron chi connectivity index (χ2n) is 5.37. The highest BCUT2D eigenvalue weighted by Crippen LogP contribution is 2.48. The van der Waals surface area contributed by atoms with E-state index in [1.165, 1.54) is 0 Å². The second-order valence-corrected chi connectivity index (χ2v) is 5.81. The van der Waals surface area contributed by atoms with E-state index in [9.17, 15) is 9.59 Å². The highest BCUT2D eigenvalue weighted by atomic mass is 35.5. The first kappa shape index (κ1) is 12.5. The van der Waals surface area contributed by atoms with E-state index in [1.54, 1.807) is 6.07 Å². The number of amides is 1. The molecule has 0 aliphatic heterocycles. The highest BCUT2D eigenvalue weighted by Gasteiger charge is 2.53. The zero-order valence-corrected chi connectivity index (χ0v) is 11.0. The molecular weight excluding hydrogens is 266 g/mol.